The number of aromatic amines is 1. The van der Waals surface area contributed by atoms with Gasteiger partial charge in [0.2, 0.25) is 5.91 Å². The molecule has 1 N–H and O–H groups in total. The number of benzene rings is 2. The van der Waals surface area contributed by atoms with Crippen molar-refractivity contribution in [1.82, 2.24) is 9.88 Å². The highest BCUT2D eigenvalue weighted by atomic mass is 35.5. The summed E-state index contributed by atoms with van der Waals surface area (Å²) in [5.41, 5.74) is 4.66. The maximum absolute atomic E-state index is 12.7. The number of hydrogen-bond donors (Lipinski definition) is 1. The molecule has 5 heteroatoms. The van der Waals surface area contributed by atoms with Gasteiger partial charge in [-0.05, 0) is 42.3 Å². The van der Waals surface area contributed by atoms with Crippen molar-refractivity contribution in [3.63, 3.8) is 0 Å². The van der Waals surface area contributed by atoms with E-state index in [0.717, 1.165) is 46.6 Å². The Kier molecular flexibility index (Phi) is 4.60. The van der Waals surface area contributed by atoms with E-state index in [1.165, 1.54) is 11.3 Å². The molecule has 2 heterocycles. The monoisotopic (exact) mass is 368 g/mol. The molecule has 0 fully saturated rings. The second kappa shape index (κ2) is 7.04. The number of nitrogens with one attached hydrogen (secondary N) is 1. The van der Waals surface area contributed by atoms with Gasteiger partial charge in [-0.1, -0.05) is 23.7 Å². The molecule has 0 spiro atoms. The summed E-state index contributed by atoms with van der Waals surface area (Å²) in [6.07, 6.45) is 2.12. The number of nitrogens with zero attached hydrogens (tertiary/aromatic N) is 1. The number of H-pyrrole nitrogens is 1. The number of amides is 1. The van der Waals surface area contributed by atoms with Gasteiger partial charge in [0, 0.05) is 53.1 Å². The number of carbonyl (C=O) groups is 1. The first-order valence-corrected chi connectivity index (χ1v) is 9.21. The minimum atomic E-state index is 0.197. The highest BCUT2D eigenvalue weighted by Crippen LogP contribution is 2.30. The predicted molar refractivity (Wildman–Crippen MR) is 104 cm³/mol. The van der Waals surface area contributed by atoms with Crippen LogP contribution in [0, 0.1) is 0 Å². The molecule has 1 aliphatic heterocycles. The molecular formula is C21H21ClN2O2. The molecule has 0 radical (unpaired) electrons. The largest absolute Gasteiger partial charge is 0.497 e. The van der Waals surface area contributed by atoms with E-state index in [2.05, 4.69) is 4.98 Å². The van der Waals surface area contributed by atoms with E-state index in [0.29, 0.717) is 13.0 Å². The van der Waals surface area contributed by atoms with Gasteiger partial charge in [0.05, 0.1) is 7.11 Å². The van der Waals surface area contributed by atoms with Crippen molar-refractivity contribution in [3.05, 3.63) is 64.3 Å². The van der Waals surface area contributed by atoms with E-state index >= 15 is 0 Å². The van der Waals surface area contributed by atoms with Crippen molar-refractivity contribution in [3.8, 4) is 5.75 Å². The number of ether oxygens (including phenoxy) is 1. The van der Waals surface area contributed by atoms with Crippen molar-refractivity contribution in [1.29, 1.82) is 0 Å². The molecule has 26 heavy (non-hydrogen) atoms. The van der Waals surface area contributed by atoms with Gasteiger partial charge in [0.25, 0.3) is 0 Å². The van der Waals surface area contributed by atoms with Crippen LogP contribution in [0.15, 0.2) is 42.5 Å². The zero-order valence-electron chi connectivity index (χ0n) is 14.7. The van der Waals surface area contributed by atoms with Crippen LogP contribution in [-0.2, 0) is 24.2 Å². The van der Waals surface area contributed by atoms with Crippen LogP contribution >= 0.6 is 11.6 Å². The lowest BCUT2D eigenvalue weighted by Crippen LogP contribution is -2.35. The van der Waals surface area contributed by atoms with Crippen LogP contribution in [0.3, 0.4) is 0 Å². The quantitative estimate of drug-likeness (QED) is 0.744. The molecule has 1 aromatic heterocycles. The summed E-state index contributed by atoms with van der Waals surface area (Å²) in [6, 6.07) is 13.8. The number of aromatic nitrogens is 1. The normalized spacial score (nSPS) is 13.7. The highest BCUT2D eigenvalue weighted by Gasteiger charge is 2.23. The molecule has 0 bridgehead atoms. The summed E-state index contributed by atoms with van der Waals surface area (Å²) >= 11 is 6.15. The zero-order valence-corrected chi connectivity index (χ0v) is 15.5. The van der Waals surface area contributed by atoms with Crippen LogP contribution in [0.1, 0.15) is 23.2 Å². The maximum atomic E-state index is 12.7. The molecular weight excluding hydrogens is 348 g/mol. The standard InChI is InChI=1S/C21H21ClN2O2/c1-26-16-6-2-14(3-7-16)4-9-21(25)24-11-10-20-18(13-24)17-12-15(22)5-8-19(17)23-20/h2-3,5-8,12,23H,4,9-11,13H2,1H3. The van der Waals surface area contributed by atoms with Gasteiger partial charge in [-0.3, -0.25) is 4.79 Å². The van der Waals surface area contributed by atoms with Gasteiger partial charge in [-0.2, -0.15) is 0 Å². The third-order valence-electron chi connectivity index (χ3n) is 5.08. The van der Waals surface area contributed by atoms with Gasteiger partial charge >= 0.3 is 0 Å². The maximum Gasteiger partial charge on any atom is 0.223 e. The second-order valence-corrected chi connectivity index (χ2v) is 7.12. The molecule has 1 amide bonds. The van der Waals surface area contributed by atoms with Gasteiger partial charge in [-0.15, -0.1) is 0 Å². The van der Waals surface area contributed by atoms with Crippen LogP contribution in [0.25, 0.3) is 10.9 Å². The number of rotatable bonds is 4. The number of methoxy groups -OCH3 is 1. The summed E-state index contributed by atoms with van der Waals surface area (Å²) in [6.45, 7) is 1.41. The lowest BCUT2D eigenvalue weighted by Gasteiger charge is -2.27. The Morgan fingerprint density at radius 1 is 1.23 bits per heavy atom. The first-order chi connectivity index (χ1) is 12.6. The Labute approximate surface area is 157 Å². The first kappa shape index (κ1) is 17.0. The fourth-order valence-electron chi connectivity index (χ4n) is 3.60. The van der Waals surface area contributed by atoms with Gasteiger partial charge in [0.15, 0.2) is 0 Å². The molecule has 1 aliphatic rings. The van der Waals surface area contributed by atoms with Crippen LogP contribution in [-0.4, -0.2) is 29.4 Å². The summed E-state index contributed by atoms with van der Waals surface area (Å²) in [5.74, 6) is 1.03. The van der Waals surface area contributed by atoms with E-state index in [1.54, 1.807) is 7.11 Å². The van der Waals surface area contributed by atoms with Crippen molar-refractivity contribution >= 4 is 28.4 Å². The number of halogens is 1. The number of hydrogen-bond acceptors (Lipinski definition) is 2. The Balaban J connectivity index is 1.45. The summed E-state index contributed by atoms with van der Waals surface area (Å²) in [5, 5.41) is 1.85. The van der Waals surface area contributed by atoms with Crippen molar-refractivity contribution in [2.45, 2.75) is 25.8 Å². The topological polar surface area (TPSA) is 45.3 Å². The summed E-state index contributed by atoms with van der Waals surface area (Å²) in [4.78, 5) is 18.1. The van der Waals surface area contributed by atoms with E-state index < -0.39 is 0 Å². The minimum Gasteiger partial charge on any atom is -0.497 e. The molecule has 4 nitrogen and oxygen atoms in total. The average molecular weight is 369 g/mol. The highest BCUT2D eigenvalue weighted by molar-refractivity contribution is 6.31. The molecule has 4 rings (SSSR count). The Bertz CT molecular complexity index is 947. The van der Waals surface area contributed by atoms with Gasteiger partial charge in [0.1, 0.15) is 5.75 Å². The molecule has 0 atom stereocenters. The van der Waals surface area contributed by atoms with Gasteiger partial charge < -0.3 is 14.6 Å². The third-order valence-corrected chi connectivity index (χ3v) is 5.31. The number of fused-ring (bicyclic) bond motifs is 3. The molecule has 134 valence electrons. The SMILES string of the molecule is COc1ccc(CCC(=O)N2CCc3[nH]c4ccc(Cl)cc4c3C2)cc1. The van der Waals surface area contributed by atoms with E-state index in [9.17, 15) is 4.79 Å². The molecule has 0 saturated heterocycles. The predicted octanol–water partition coefficient (Wildman–Crippen LogP) is 4.35. The lowest BCUT2D eigenvalue weighted by atomic mass is 10.0. The first-order valence-electron chi connectivity index (χ1n) is 8.84. The molecule has 0 aliphatic carbocycles. The van der Waals surface area contributed by atoms with Crippen LogP contribution < -0.4 is 4.74 Å². The Hall–Kier alpha value is -2.46. The van der Waals surface area contributed by atoms with Crippen LogP contribution in [0.5, 0.6) is 5.75 Å². The van der Waals surface area contributed by atoms with Crippen LogP contribution in [0.2, 0.25) is 5.02 Å². The zero-order chi connectivity index (χ0) is 18.1. The van der Waals surface area contributed by atoms with Crippen molar-refractivity contribution in [2.24, 2.45) is 0 Å². The smallest absolute Gasteiger partial charge is 0.223 e. The van der Waals surface area contributed by atoms with Crippen molar-refractivity contribution in [2.75, 3.05) is 13.7 Å². The van der Waals surface area contributed by atoms with E-state index in [-0.39, 0.29) is 5.91 Å². The summed E-state index contributed by atoms with van der Waals surface area (Å²) < 4.78 is 5.17. The fourth-order valence-corrected chi connectivity index (χ4v) is 3.77. The van der Waals surface area contributed by atoms with E-state index in [1.807, 2.05) is 47.4 Å². The molecule has 0 saturated carbocycles. The van der Waals surface area contributed by atoms with Crippen molar-refractivity contribution < 1.29 is 9.53 Å². The minimum absolute atomic E-state index is 0.197. The lowest BCUT2D eigenvalue weighted by molar-refractivity contribution is -0.132. The molecule has 3 aromatic rings. The number of aryl methyl sites for hydroxylation is 1. The second-order valence-electron chi connectivity index (χ2n) is 6.69. The van der Waals surface area contributed by atoms with E-state index in [4.69, 9.17) is 16.3 Å². The fraction of sp³-hybridized carbons (Fsp3) is 0.286. The molecule has 0 unspecified atom stereocenters. The Morgan fingerprint density at radius 2 is 2.04 bits per heavy atom. The molecule has 2 aromatic carbocycles. The Morgan fingerprint density at radius 3 is 2.81 bits per heavy atom. The van der Waals surface area contributed by atoms with Crippen LogP contribution in [0.4, 0.5) is 0 Å². The summed E-state index contributed by atoms with van der Waals surface area (Å²) in [7, 11) is 1.65. The van der Waals surface area contributed by atoms with Gasteiger partial charge in [-0.25, -0.2) is 0 Å². The number of carbonyl (C=O) groups excluding carboxylic acids is 1. The third kappa shape index (κ3) is 3.29. The average Bonchev–Trinajstić information content (AvgIpc) is 3.03.